The number of hydrogen-bond acceptors (Lipinski definition) is 3. The fourth-order valence-electron chi connectivity index (χ4n) is 1.73. The summed E-state index contributed by atoms with van der Waals surface area (Å²) in [6.07, 6.45) is 4.74. The van der Waals surface area contributed by atoms with Gasteiger partial charge < -0.3 is 5.32 Å². The molecular weight excluding hydrogens is 323 g/mol. The van der Waals surface area contributed by atoms with Gasteiger partial charge in [0.25, 0.3) is 5.91 Å². The molecule has 0 aliphatic carbocycles. The number of anilines is 1. The predicted octanol–water partition coefficient (Wildman–Crippen LogP) is 3.32. The lowest BCUT2D eigenvalue weighted by atomic mass is 10.2. The highest BCUT2D eigenvalue weighted by Crippen LogP contribution is 2.21. The number of alkyl halides is 1. The van der Waals surface area contributed by atoms with Gasteiger partial charge in [-0.2, -0.15) is 10.4 Å². The molecule has 0 unspecified atom stereocenters. The van der Waals surface area contributed by atoms with E-state index in [1.165, 1.54) is 6.08 Å². The van der Waals surface area contributed by atoms with E-state index in [1.54, 1.807) is 41.3 Å². The molecule has 1 aromatic carbocycles. The molecule has 0 fully saturated rings. The van der Waals surface area contributed by atoms with Crippen LogP contribution in [-0.2, 0) is 11.3 Å². The number of carbonyl (C=O) groups is 1. The first-order chi connectivity index (χ1) is 10.6. The van der Waals surface area contributed by atoms with Gasteiger partial charge in [0.2, 0.25) is 0 Å². The average Bonchev–Trinajstić information content (AvgIpc) is 2.95. The molecule has 2 rings (SSSR count). The van der Waals surface area contributed by atoms with Gasteiger partial charge in [-0.15, -0.1) is 11.6 Å². The zero-order valence-electron chi connectivity index (χ0n) is 11.5. The van der Waals surface area contributed by atoms with Gasteiger partial charge in [0.15, 0.2) is 0 Å². The Balaban J connectivity index is 2.16. The Morgan fingerprint density at radius 3 is 2.91 bits per heavy atom. The number of carbonyl (C=O) groups excluding carboxylic acids is 1. The molecule has 5 nitrogen and oxygen atoms in total. The summed E-state index contributed by atoms with van der Waals surface area (Å²) < 4.78 is 1.64. The maximum Gasteiger partial charge on any atom is 0.266 e. The van der Waals surface area contributed by atoms with Crippen LogP contribution in [0.2, 0.25) is 5.02 Å². The van der Waals surface area contributed by atoms with Gasteiger partial charge in [-0.1, -0.05) is 23.7 Å². The summed E-state index contributed by atoms with van der Waals surface area (Å²) in [7, 11) is 0. The van der Waals surface area contributed by atoms with Crippen molar-refractivity contribution in [2.24, 2.45) is 0 Å². The minimum absolute atomic E-state index is 0.0367. The molecule has 0 aliphatic rings. The second-order valence-electron chi connectivity index (χ2n) is 4.33. The molecule has 1 aromatic heterocycles. The van der Waals surface area contributed by atoms with E-state index >= 15 is 0 Å². The summed E-state index contributed by atoms with van der Waals surface area (Å²) >= 11 is 11.6. The van der Waals surface area contributed by atoms with Crippen molar-refractivity contribution in [3.63, 3.8) is 0 Å². The van der Waals surface area contributed by atoms with Crippen LogP contribution in [0.25, 0.3) is 6.08 Å². The van der Waals surface area contributed by atoms with Crippen LogP contribution in [-0.4, -0.2) is 21.6 Å². The molecule has 0 atom stereocenters. The molecular formula is C15H12Cl2N4O. The first-order valence-electron chi connectivity index (χ1n) is 6.40. The third kappa shape index (κ3) is 4.10. The lowest BCUT2D eigenvalue weighted by Crippen LogP contribution is -2.13. The quantitative estimate of drug-likeness (QED) is 0.518. The number of rotatable bonds is 5. The van der Waals surface area contributed by atoms with Crippen molar-refractivity contribution >= 4 is 40.9 Å². The summed E-state index contributed by atoms with van der Waals surface area (Å²) in [6, 6.07) is 8.69. The first kappa shape index (κ1) is 16.1. The predicted molar refractivity (Wildman–Crippen MR) is 86.6 cm³/mol. The zero-order valence-corrected chi connectivity index (χ0v) is 13.0. The molecule has 1 heterocycles. The summed E-state index contributed by atoms with van der Waals surface area (Å²) in [4.78, 5) is 12.1. The van der Waals surface area contributed by atoms with Crippen molar-refractivity contribution in [2.75, 3.05) is 11.2 Å². The van der Waals surface area contributed by atoms with Gasteiger partial charge >= 0.3 is 0 Å². The highest BCUT2D eigenvalue weighted by Gasteiger charge is 2.11. The summed E-state index contributed by atoms with van der Waals surface area (Å²) in [5.74, 6) is -0.0937. The third-order valence-electron chi connectivity index (χ3n) is 2.76. The number of nitrogens with zero attached hydrogens (tertiary/aromatic N) is 3. The van der Waals surface area contributed by atoms with Crippen molar-refractivity contribution in [1.82, 2.24) is 9.78 Å². The van der Waals surface area contributed by atoms with Crippen LogP contribution in [0.1, 0.15) is 5.56 Å². The molecule has 0 aliphatic heterocycles. The molecule has 2 aromatic rings. The molecule has 112 valence electrons. The van der Waals surface area contributed by atoms with Crippen molar-refractivity contribution in [3.8, 4) is 6.07 Å². The van der Waals surface area contributed by atoms with E-state index in [0.29, 0.717) is 28.7 Å². The highest BCUT2D eigenvalue weighted by molar-refractivity contribution is 6.34. The normalized spacial score (nSPS) is 11.0. The smallest absolute Gasteiger partial charge is 0.266 e. The summed E-state index contributed by atoms with van der Waals surface area (Å²) in [5, 5.41) is 16.2. The number of aromatic nitrogens is 2. The second-order valence-corrected chi connectivity index (χ2v) is 5.11. The van der Waals surface area contributed by atoms with Gasteiger partial charge in [0.05, 0.1) is 23.5 Å². The number of hydrogen-bond donors (Lipinski definition) is 1. The molecule has 0 saturated heterocycles. The van der Waals surface area contributed by atoms with E-state index < -0.39 is 5.91 Å². The Morgan fingerprint density at radius 2 is 2.23 bits per heavy atom. The third-order valence-corrected chi connectivity index (χ3v) is 3.26. The number of halogens is 2. The van der Waals surface area contributed by atoms with E-state index in [4.69, 9.17) is 28.5 Å². The fourth-order valence-corrected chi connectivity index (χ4v) is 2.09. The average molecular weight is 335 g/mol. The van der Waals surface area contributed by atoms with E-state index in [-0.39, 0.29) is 5.57 Å². The Kier molecular flexibility index (Phi) is 5.59. The van der Waals surface area contributed by atoms with Crippen LogP contribution in [0.5, 0.6) is 0 Å². The zero-order chi connectivity index (χ0) is 15.9. The largest absolute Gasteiger partial charge is 0.320 e. The molecule has 1 N–H and O–H groups in total. The van der Waals surface area contributed by atoms with Gasteiger partial charge in [-0.25, -0.2) is 0 Å². The van der Waals surface area contributed by atoms with Crippen LogP contribution in [0.4, 0.5) is 5.69 Å². The van der Waals surface area contributed by atoms with Crippen LogP contribution in [0, 0.1) is 11.3 Å². The molecule has 0 saturated carbocycles. The molecule has 7 heteroatoms. The molecule has 1 amide bonds. The van der Waals surface area contributed by atoms with E-state index in [1.807, 2.05) is 6.07 Å². The topological polar surface area (TPSA) is 70.7 Å². The minimum atomic E-state index is -0.527. The standard InChI is InChI=1S/C15H12Cl2N4O/c16-5-6-21-10-11(9-19-21)7-12(8-18)15(22)20-14-4-2-1-3-13(14)17/h1-4,7,9-10H,5-6H2,(H,20,22). The van der Waals surface area contributed by atoms with E-state index in [2.05, 4.69) is 10.4 Å². The summed E-state index contributed by atoms with van der Waals surface area (Å²) in [6.45, 7) is 0.559. The SMILES string of the molecule is N#CC(=Cc1cnn(CCCl)c1)C(=O)Nc1ccccc1Cl. The second kappa shape index (κ2) is 7.64. The highest BCUT2D eigenvalue weighted by atomic mass is 35.5. The van der Waals surface area contributed by atoms with E-state index in [9.17, 15) is 4.79 Å². The number of nitriles is 1. The van der Waals surface area contributed by atoms with Crippen LogP contribution in [0.15, 0.2) is 42.2 Å². The first-order valence-corrected chi connectivity index (χ1v) is 7.31. The molecule has 0 radical (unpaired) electrons. The fraction of sp³-hybridized carbons (Fsp3) is 0.133. The number of nitrogens with one attached hydrogen (secondary N) is 1. The number of amides is 1. The minimum Gasteiger partial charge on any atom is -0.320 e. The van der Waals surface area contributed by atoms with E-state index in [0.717, 1.165) is 0 Å². The van der Waals surface area contributed by atoms with Crippen LogP contribution >= 0.6 is 23.2 Å². The van der Waals surface area contributed by atoms with Crippen molar-refractivity contribution in [2.45, 2.75) is 6.54 Å². The Hall–Kier alpha value is -2.29. The van der Waals surface area contributed by atoms with Gasteiger partial charge in [-0.3, -0.25) is 9.48 Å². The van der Waals surface area contributed by atoms with Crippen molar-refractivity contribution in [3.05, 3.63) is 52.8 Å². The van der Waals surface area contributed by atoms with Gasteiger partial charge in [0.1, 0.15) is 11.6 Å². The number of para-hydroxylation sites is 1. The number of benzene rings is 1. The molecule has 0 spiro atoms. The van der Waals surface area contributed by atoms with Crippen molar-refractivity contribution < 1.29 is 4.79 Å². The maximum atomic E-state index is 12.1. The summed E-state index contributed by atoms with van der Waals surface area (Å²) in [5.41, 5.74) is 1.06. The van der Waals surface area contributed by atoms with Gasteiger partial charge in [0, 0.05) is 17.6 Å². The van der Waals surface area contributed by atoms with Gasteiger partial charge in [-0.05, 0) is 18.2 Å². The molecule has 22 heavy (non-hydrogen) atoms. The molecule has 0 bridgehead atoms. The monoisotopic (exact) mass is 334 g/mol. The van der Waals surface area contributed by atoms with Crippen LogP contribution in [0.3, 0.4) is 0 Å². The lowest BCUT2D eigenvalue weighted by molar-refractivity contribution is -0.112. The Labute approximate surface area is 137 Å². The Bertz CT molecular complexity index is 746. The Morgan fingerprint density at radius 1 is 1.45 bits per heavy atom. The number of aryl methyl sites for hydroxylation is 1. The van der Waals surface area contributed by atoms with Crippen molar-refractivity contribution in [1.29, 1.82) is 5.26 Å². The lowest BCUT2D eigenvalue weighted by Gasteiger charge is -2.05. The van der Waals surface area contributed by atoms with Crippen LogP contribution < -0.4 is 5.32 Å². The maximum absolute atomic E-state index is 12.1.